The average Bonchev–Trinajstić information content (AvgIpc) is 2.77. The molecule has 2 rings (SSSR count). The van der Waals surface area contributed by atoms with E-state index in [-0.39, 0.29) is 17.9 Å². The Morgan fingerprint density at radius 1 is 1.47 bits per heavy atom. The molecule has 1 aliphatic rings. The van der Waals surface area contributed by atoms with Crippen molar-refractivity contribution in [2.24, 2.45) is 5.73 Å². The summed E-state index contributed by atoms with van der Waals surface area (Å²) >= 11 is 5.80. The monoisotopic (exact) mass is 284 g/mol. The van der Waals surface area contributed by atoms with Crippen LogP contribution in [0, 0.1) is 0 Å². The zero-order chi connectivity index (χ0) is 14.0. The molecule has 1 aromatic rings. The van der Waals surface area contributed by atoms with Gasteiger partial charge in [0.15, 0.2) is 0 Å². The molecule has 0 aromatic heterocycles. The van der Waals surface area contributed by atoms with Crippen LogP contribution in [0.5, 0.6) is 0 Å². The molecule has 1 aromatic carbocycles. The summed E-state index contributed by atoms with van der Waals surface area (Å²) in [7, 11) is 0. The fraction of sp³-hybridized carbons (Fsp3) is 0.333. The van der Waals surface area contributed by atoms with E-state index in [4.69, 9.17) is 27.2 Å². The van der Waals surface area contributed by atoms with Crippen LogP contribution in [0.25, 0.3) is 0 Å². The van der Waals surface area contributed by atoms with E-state index in [9.17, 15) is 9.59 Å². The van der Waals surface area contributed by atoms with Gasteiger partial charge in [-0.2, -0.15) is 0 Å². The number of nitrogens with two attached hydrogens (primary N) is 1. The number of carbonyl (C=O) groups excluding carboxylic acids is 1. The maximum absolute atomic E-state index is 12.1. The van der Waals surface area contributed by atoms with Crippen molar-refractivity contribution in [1.29, 1.82) is 0 Å². The van der Waals surface area contributed by atoms with E-state index in [2.05, 4.69) is 5.32 Å². The zero-order valence-corrected chi connectivity index (χ0v) is 10.7. The first-order valence-corrected chi connectivity index (χ1v) is 6.01. The van der Waals surface area contributed by atoms with Gasteiger partial charge in [0, 0.05) is 11.6 Å². The summed E-state index contributed by atoms with van der Waals surface area (Å²) in [4.78, 5) is 23.1. The van der Waals surface area contributed by atoms with Crippen molar-refractivity contribution in [1.82, 2.24) is 0 Å². The number of nitrogens with one attached hydrogen (secondary N) is 1. The number of aromatic carboxylic acids is 1. The third-order valence-corrected chi connectivity index (χ3v) is 3.20. The maximum atomic E-state index is 12.1. The molecule has 1 amide bonds. The summed E-state index contributed by atoms with van der Waals surface area (Å²) in [5, 5.41) is 11.9. The number of carbonyl (C=O) groups is 2. The highest BCUT2D eigenvalue weighted by atomic mass is 35.5. The third kappa shape index (κ3) is 2.86. The Balaban J connectivity index is 2.25. The van der Waals surface area contributed by atoms with Crippen LogP contribution < -0.4 is 11.1 Å². The zero-order valence-electron chi connectivity index (χ0n) is 9.98. The lowest BCUT2D eigenvalue weighted by Gasteiger charge is -2.21. The molecule has 6 nitrogen and oxygen atoms in total. The lowest BCUT2D eigenvalue weighted by molar-refractivity contribution is -0.121. The highest BCUT2D eigenvalue weighted by Gasteiger charge is 2.38. The van der Waals surface area contributed by atoms with Gasteiger partial charge < -0.3 is 20.9 Å². The minimum atomic E-state index is -1.15. The first kappa shape index (κ1) is 13.8. The molecular formula is C12H13ClN2O4. The number of carboxylic acids is 1. The second-order valence-corrected chi connectivity index (χ2v) is 4.84. The smallest absolute Gasteiger partial charge is 0.337 e. The van der Waals surface area contributed by atoms with Gasteiger partial charge >= 0.3 is 5.97 Å². The van der Waals surface area contributed by atoms with Crippen molar-refractivity contribution >= 4 is 29.2 Å². The molecular weight excluding hydrogens is 272 g/mol. The topological polar surface area (TPSA) is 102 Å². The normalized spacial score (nSPS) is 22.2. The van der Waals surface area contributed by atoms with Crippen LogP contribution in [0.2, 0.25) is 5.02 Å². The second kappa shape index (κ2) is 5.16. The molecule has 0 radical (unpaired) electrons. The molecule has 1 saturated heterocycles. The van der Waals surface area contributed by atoms with Crippen LogP contribution in [0.15, 0.2) is 18.2 Å². The fourth-order valence-electron chi connectivity index (χ4n) is 1.81. The van der Waals surface area contributed by atoms with Gasteiger partial charge in [-0.3, -0.25) is 4.79 Å². The van der Waals surface area contributed by atoms with Gasteiger partial charge in [-0.25, -0.2) is 4.79 Å². The lowest BCUT2D eigenvalue weighted by atomic mass is 9.99. The number of anilines is 1. The number of benzene rings is 1. The van der Waals surface area contributed by atoms with Crippen molar-refractivity contribution in [3.63, 3.8) is 0 Å². The molecule has 4 N–H and O–H groups in total. The van der Waals surface area contributed by atoms with E-state index in [0.717, 1.165) is 0 Å². The average molecular weight is 285 g/mol. The number of ether oxygens (including phenoxy) is 1. The van der Waals surface area contributed by atoms with Crippen LogP contribution in [-0.4, -0.2) is 35.7 Å². The fourth-order valence-corrected chi connectivity index (χ4v) is 1.99. The van der Waals surface area contributed by atoms with Gasteiger partial charge in [0.1, 0.15) is 5.54 Å². The molecule has 102 valence electrons. The summed E-state index contributed by atoms with van der Waals surface area (Å²) in [6, 6.07) is 4.15. The Kier molecular flexibility index (Phi) is 3.75. The molecule has 0 aliphatic carbocycles. The predicted molar refractivity (Wildman–Crippen MR) is 69.4 cm³/mol. The molecule has 19 heavy (non-hydrogen) atoms. The first-order chi connectivity index (χ1) is 8.92. The van der Waals surface area contributed by atoms with Gasteiger partial charge in [-0.05, 0) is 24.6 Å². The first-order valence-electron chi connectivity index (χ1n) is 5.63. The summed E-state index contributed by atoms with van der Waals surface area (Å²) in [6.07, 6.45) is 0.391. The van der Waals surface area contributed by atoms with Crippen molar-refractivity contribution in [3.05, 3.63) is 28.8 Å². The SMILES string of the molecule is NC1(C(=O)Nc2cc(Cl)ccc2C(=O)O)CCOC1. The molecule has 1 unspecified atom stereocenters. The van der Waals surface area contributed by atoms with E-state index in [0.29, 0.717) is 18.1 Å². The lowest BCUT2D eigenvalue weighted by Crippen LogP contribution is -2.51. The number of hydrogen-bond donors (Lipinski definition) is 3. The van der Waals surface area contributed by atoms with Gasteiger partial charge in [0.2, 0.25) is 5.91 Å². The number of amides is 1. The van der Waals surface area contributed by atoms with Gasteiger partial charge in [0.05, 0.1) is 17.9 Å². The molecule has 0 saturated carbocycles. The summed E-state index contributed by atoms with van der Waals surface area (Å²) in [5.41, 5.74) is 4.86. The quantitative estimate of drug-likeness (QED) is 0.771. The van der Waals surface area contributed by atoms with Crippen molar-refractivity contribution in [2.75, 3.05) is 18.5 Å². The Morgan fingerprint density at radius 3 is 2.79 bits per heavy atom. The Morgan fingerprint density at radius 2 is 2.21 bits per heavy atom. The summed E-state index contributed by atoms with van der Waals surface area (Å²) < 4.78 is 5.09. The highest BCUT2D eigenvalue weighted by Crippen LogP contribution is 2.24. The van der Waals surface area contributed by atoms with Crippen LogP contribution in [0.3, 0.4) is 0 Å². The van der Waals surface area contributed by atoms with Gasteiger partial charge in [0.25, 0.3) is 0 Å². The van der Waals surface area contributed by atoms with E-state index >= 15 is 0 Å². The Hall–Kier alpha value is -1.63. The predicted octanol–water partition coefficient (Wildman–Crippen LogP) is 1.09. The van der Waals surface area contributed by atoms with Crippen LogP contribution >= 0.6 is 11.6 Å². The Bertz CT molecular complexity index is 526. The maximum Gasteiger partial charge on any atom is 0.337 e. The number of carboxylic acid groups (broad SMARTS) is 1. The van der Waals surface area contributed by atoms with Crippen LogP contribution in [0.4, 0.5) is 5.69 Å². The molecule has 1 fully saturated rings. The minimum absolute atomic E-state index is 0.0414. The van der Waals surface area contributed by atoms with Crippen molar-refractivity contribution < 1.29 is 19.4 Å². The molecule has 0 bridgehead atoms. The molecule has 0 spiro atoms. The van der Waals surface area contributed by atoms with E-state index in [1.165, 1.54) is 18.2 Å². The van der Waals surface area contributed by atoms with Crippen molar-refractivity contribution in [3.8, 4) is 0 Å². The second-order valence-electron chi connectivity index (χ2n) is 4.41. The number of halogens is 1. The van der Waals surface area contributed by atoms with E-state index in [1.807, 2.05) is 0 Å². The molecule has 1 atom stereocenters. The molecule has 1 heterocycles. The minimum Gasteiger partial charge on any atom is -0.478 e. The van der Waals surface area contributed by atoms with Gasteiger partial charge in [-0.1, -0.05) is 11.6 Å². The molecule has 7 heteroatoms. The summed E-state index contributed by atoms with van der Waals surface area (Å²) in [6.45, 7) is 0.521. The summed E-state index contributed by atoms with van der Waals surface area (Å²) in [5.74, 6) is -1.63. The Labute approximate surface area is 114 Å². The van der Waals surface area contributed by atoms with Gasteiger partial charge in [-0.15, -0.1) is 0 Å². The molecule has 1 aliphatic heterocycles. The van der Waals surface area contributed by atoms with Crippen molar-refractivity contribution in [2.45, 2.75) is 12.0 Å². The van der Waals surface area contributed by atoms with Crippen LogP contribution in [-0.2, 0) is 9.53 Å². The van der Waals surface area contributed by atoms with E-state index in [1.54, 1.807) is 0 Å². The largest absolute Gasteiger partial charge is 0.478 e. The highest BCUT2D eigenvalue weighted by molar-refractivity contribution is 6.31. The standard InChI is InChI=1S/C12H13ClN2O4/c13-7-1-2-8(10(16)17)9(5-7)15-11(18)12(14)3-4-19-6-12/h1-2,5H,3-4,6,14H2,(H,15,18)(H,16,17). The van der Waals surface area contributed by atoms with E-state index < -0.39 is 17.4 Å². The number of rotatable bonds is 3. The van der Waals surface area contributed by atoms with Crippen LogP contribution in [0.1, 0.15) is 16.8 Å². The third-order valence-electron chi connectivity index (χ3n) is 2.96. The number of hydrogen-bond acceptors (Lipinski definition) is 4.